The molecule has 0 spiro atoms. The van der Waals surface area contributed by atoms with E-state index in [1.54, 1.807) is 17.3 Å². The molecule has 0 unspecified atom stereocenters. The van der Waals surface area contributed by atoms with Gasteiger partial charge in [-0.3, -0.25) is 3.97 Å². The maximum Gasteiger partial charge on any atom is 0.239 e. The van der Waals surface area contributed by atoms with Crippen LogP contribution in [0.4, 0.5) is 0 Å². The lowest BCUT2D eigenvalue weighted by Crippen LogP contribution is -1.89. The van der Waals surface area contributed by atoms with Gasteiger partial charge in [0, 0.05) is 17.8 Å². The first-order valence-electron chi connectivity index (χ1n) is 3.52. The average molecular weight is 180 g/mol. The Morgan fingerprint density at radius 2 is 2.33 bits per heavy atom. The van der Waals surface area contributed by atoms with Gasteiger partial charge < -0.3 is 4.74 Å². The molecule has 0 radical (unpaired) electrons. The summed E-state index contributed by atoms with van der Waals surface area (Å²) in [6, 6.07) is 3.89. The fourth-order valence-electron chi connectivity index (χ4n) is 1.19. The third-order valence-electron chi connectivity index (χ3n) is 1.74. The quantitative estimate of drug-likeness (QED) is 0.677. The number of hydrogen-bond acceptors (Lipinski definition) is 3. The van der Waals surface area contributed by atoms with Crippen LogP contribution in [0.1, 0.15) is 0 Å². The number of ether oxygens (including phenoxy) is 1. The maximum atomic E-state index is 5.09. The van der Waals surface area contributed by atoms with Crippen LogP contribution in [0.2, 0.25) is 0 Å². The summed E-state index contributed by atoms with van der Waals surface area (Å²) >= 11 is 4.22. The smallest absolute Gasteiger partial charge is 0.239 e. The van der Waals surface area contributed by atoms with Crippen LogP contribution in [-0.4, -0.2) is 16.1 Å². The second-order valence-electron chi connectivity index (χ2n) is 2.42. The van der Waals surface area contributed by atoms with E-state index in [0.29, 0.717) is 5.88 Å². The van der Waals surface area contributed by atoms with Gasteiger partial charge in [0.05, 0.1) is 7.11 Å². The summed E-state index contributed by atoms with van der Waals surface area (Å²) in [4.78, 5) is 4.07. The van der Waals surface area contributed by atoms with Gasteiger partial charge in [-0.2, -0.15) is 0 Å². The van der Waals surface area contributed by atoms with Crippen LogP contribution >= 0.6 is 12.8 Å². The fourth-order valence-corrected chi connectivity index (χ4v) is 1.46. The summed E-state index contributed by atoms with van der Waals surface area (Å²) in [5.74, 6) is 0.604. The van der Waals surface area contributed by atoms with Gasteiger partial charge in [-0.05, 0) is 12.1 Å². The van der Waals surface area contributed by atoms with E-state index in [9.17, 15) is 0 Å². The zero-order valence-corrected chi connectivity index (χ0v) is 7.45. The second kappa shape index (κ2) is 2.71. The molecule has 0 fully saturated rings. The molecule has 0 bridgehead atoms. The number of hydrogen-bond donors (Lipinski definition) is 1. The van der Waals surface area contributed by atoms with Crippen LogP contribution in [-0.2, 0) is 0 Å². The van der Waals surface area contributed by atoms with E-state index in [1.165, 1.54) is 0 Å². The van der Waals surface area contributed by atoms with Crippen molar-refractivity contribution in [2.45, 2.75) is 0 Å². The van der Waals surface area contributed by atoms with E-state index in [-0.39, 0.29) is 0 Å². The van der Waals surface area contributed by atoms with Crippen molar-refractivity contribution in [3.05, 3.63) is 24.5 Å². The van der Waals surface area contributed by atoms with Gasteiger partial charge in [0.1, 0.15) is 5.52 Å². The number of fused-ring (bicyclic) bond motifs is 1. The summed E-state index contributed by atoms with van der Waals surface area (Å²) in [7, 11) is 1.60. The molecule has 2 heterocycles. The standard InChI is InChI=1S/C8H8N2OS/c1-11-8-7-6(2-4-9-8)3-5-10(7)12/h2-5,12H,1H3. The lowest BCUT2D eigenvalue weighted by molar-refractivity contribution is 0.402. The monoisotopic (exact) mass is 180 g/mol. The van der Waals surface area contributed by atoms with Gasteiger partial charge in [-0.1, -0.05) is 12.8 Å². The van der Waals surface area contributed by atoms with Crippen LogP contribution in [0.5, 0.6) is 5.88 Å². The summed E-state index contributed by atoms with van der Waals surface area (Å²) in [5.41, 5.74) is 0.906. The van der Waals surface area contributed by atoms with Crippen molar-refractivity contribution in [3.8, 4) is 5.88 Å². The molecule has 62 valence electrons. The summed E-state index contributed by atoms with van der Waals surface area (Å²) < 4.78 is 6.78. The van der Waals surface area contributed by atoms with E-state index >= 15 is 0 Å². The number of pyridine rings is 1. The molecule has 0 N–H and O–H groups in total. The Morgan fingerprint density at radius 1 is 1.50 bits per heavy atom. The molecule has 2 rings (SSSR count). The van der Waals surface area contributed by atoms with Crippen LogP contribution in [0.3, 0.4) is 0 Å². The molecule has 0 aliphatic carbocycles. The predicted octanol–water partition coefficient (Wildman–Crippen LogP) is 1.74. The molecule has 12 heavy (non-hydrogen) atoms. The Bertz CT molecular complexity index is 410. The maximum absolute atomic E-state index is 5.09. The van der Waals surface area contributed by atoms with Gasteiger partial charge in [0.2, 0.25) is 5.88 Å². The van der Waals surface area contributed by atoms with Crippen molar-refractivity contribution in [2.24, 2.45) is 0 Å². The van der Waals surface area contributed by atoms with Gasteiger partial charge >= 0.3 is 0 Å². The van der Waals surface area contributed by atoms with E-state index in [1.807, 2.05) is 18.3 Å². The summed E-state index contributed by atoms with van der Waals surface area (Å²) in [5, 5.41) is 1.08. The highest BCUT2D eigenvalue weighted by Gasteiger charge is 2.04. The molecule has 0 aliphatic heterocycles. The van der Waals surface area contributed by atoms with Crippen molar-refractivity contribution in [1.29, 1.82) is 0 Å². The first kappa shape index (κ1) is 7.49. The summed E-state index contributed by atoms with van der Waals surface area (Å²) in [6.45, 7) is 0. The van der Waals surface area contributed by atoms with Crippen molar-refractivity contribution >= 4 is 23.7 Å². The highest BCUT2D eigenvalue weighted by atomic mass is 32.1. The zero-order chi connectivity index (χ0) is 8.55. The second-order valence-corrected chi connectivity index (χ2v) is 2.85. The Labute approximate surface area is 75.5 Å². The zero-order valence-electron chi connectivity index (χ0n) is 6.56. The summed E-state index contributed by atoms with van der Waals surface area (Å²) in [6.07, 6.45) is 3.58. The number of methoxy groups -OCH3 is 1. The minimum absolute atomic E-state index is 0.604. The van der Waals surface area contributed by atoms with E-state index in [2.05, 4.69) is 17.8 Å². The molecule has 0 aliphatic rings. The molecule has 0 saturated heterocycles. The van der Waals surface area contributed by atoms with Crippen molar-refractivity contribution in [3.63, 3.8) is 0 Å². The number of thiol groups is 1. The molecule has 2 aromatic heterocycles. The van der Waals surface area contributed by atoms with Crippen molar-refractivity contribution in [2.75, 3.05) is 7.11 Å². The van der Waals surface area contributed by atoms with Crippen LogP contribution in [0.15, 0.2) is 24.5 Å². The predicted molar refractivity (Wildman–Crippen MR) is 50.7 cm³/mol. The lowest BCUT2D eigenvalue weighted by atomic mass is 10.3. The normalized spacial score (nSPS) is 10.5. The van der Waals surface area contributed by atoms with Gasteiger partial charge in [-0.15, -0.1) is 0 Å². The van der Waals surface area contributed by atoms with E-state index in [4.69, 9.17) is 4.74 Å². The SMILES string of the molecule is COc1nccc2ccn(S)c12. The molecule has 3 nitrogen and oxygen atoms in total. The van der Waals surface area contributed by atoms with Crippen LogP contribution in [0.25, 0.3) is 10.9 Å². The Morgan fingerprint density at radius 3 is 3.08 bits per heavy atom. The largest absolute Gasteiger partial charge is 0.479 e. The van der Waals surface area contributed by atoms with E-state index < -0.39 is 0 Å². The van der Waals surface area contributed by atoms with Crippen LogP contribution < -0.4 is 4.74 Å². The fraction of sp³-hybridized carbons (Fsp3) is 0.125. The Balaban J connectivity index is 2.84. The number of rotatable bonds is 1. The van der Waals surface area contributed by atoms with Crippen molar-refractivity contribution < 1.29 is 4.74 Å². The highest BCUT2D eigenvalue weighted by Crippen LogP contribution is 2.24. The molecule has 2 aromatic rings. The average Bonchev–Trinajstić information content (AvgIpc) is 2.48. The van der Waals surface area contributed by atoms with Crippen molar-refractivity contribution in [1.82, 2.24) is 8.96 Å². The molecule has 0 saturated carbocycles. The topological polar surface area (TPSA) is 27.1 Å². The lowest BCUT2D eigenvalue weighted by Gasteiger charge is -2.01. The molecular weight excluding hydrogens is 172 g/mol. The molecule has 0 atom stereocenters. The Hall–Kier alpha value is -1.16. The number of aromatic nitrogens is 2. The molecule has 0 aromatic carbocycles. The molecule has 0 amide bonds. The number of nitrogens with zero attached hydrogens (tertiary/aromatic N) is 2. The van der Waals surface area contributed by atoms with Gasteiger partial charge in [0.25, 0.3) is 0 Å². The van der Waals surface area contributed by atoms with E-state index in [0.717, 1.165) is 10.9 Å². The molecular formula is C8H8N2OS. The van der Waals surface area contributed by atoms with Gasteiger partial charge in [-0.25, -0.2) is 4.98 Å². The van der Waals surface area contributed by atoms with Crippen LogP contribution in [0, 0.1) is 0 Å². The highest BCUT2D eigenvalue weighted by molar-refractivity contribution is 7.78. The first-order chi connectivity index (χ1) is 5.83. The minimum Gasteiger partial charge on any atom is -0.479 e. The minimum atomic E-state index is 0.604. The Kier molecular flexibility index (Phi) is 1.69. The van der Waals surface area contributed by atoms with Gasteiger partial charge in [0.15, 0.2) is 0 Å². The third-order valence-corrected chi connectivity index (χ3v) is 2.07. The molecule has 4 heteroatoms. The first-order valence-corrected chi connectivity index (χ1v) is 3.92. The third kappa shape index (κ3) is 0.956.